The zero-order valence-corrected chi connectivity index (χ0v) is 14.5. The predicted octanol–water partition coefficient (Wildman–Crippen LogP) is 3.25. The van der Waals surface area contributed by atoms with E-state index >= 15 is 0 Å². The third-order valence-corrected chi connectivity index (χ3v) is 7.43. The number of primary amides is 1. The molecule has 1 aliphatic heterocycles. The van der Waals surface area contributed by atoms with Gasteiger partial charge in [0.1, 0.15) is 0 Å². The van der Waals surface area contributed by atoms with Crippen LogP contribution < -0.4 is 5.73 Å². The van der Waals surface area contributed by atoms with Crippen LogP contribution in [0.2, 0.25) is 0 Å². The van der Waals surface area contributed by atoms with Crippen molar-refractivity contribution in [2.75, 3.05) is 13.1 Å². The van der Waals surface area contributed by atoms with Gasteiger partial charge in [0.2, 0.25) is 5.91 Å². The molecule has 2 N–H and O–H groups in total. The predicted molar refractivity (Wildman–Crippen MR) is 95.0 cm³/mol. The van der Waals surface area contributed by atoms with E-state index in [-0.39, 0.29) is 5.91 Å². The molecule has 3 aliphatic carbocycles. The van der Waals surface area contributed by atoms with Gasteiger partial charge in [0, 0.05) is 23.6 Å². The zero-order chi connectivity index (χ0) is 16.3. The van der Waals surface area contributed by atoms with Gasteiger partial charge in [-0.2, -0.15) is 0 Å². The first kappa shape index (κ1) is 14.9. The van der Waals surface area contributed by atoms with Crippen LogP contribution in [0.3, 0.4) is 0 Å². The van der Waals surface area contributed by atoms with Gasteiger partial charge in [0.25, 0.3) is 0 Å². The molecule has 1 amide bonds. The number of likely N-dealkylation sites (tertiary alicyclic amines) is 1. The minimum atomic E-state index is -0.283. The number of benzene rings is 1. The number of fused-ring (bicyclic) bond motifs is 1. The Morgan fingerprint density at radius 2 is 2.08 bits per heavy atom. The quantitative estimate of drug-likeness (QED) is 0.927. The zero-order valence-electron chi connectivity index (χ0n) is 14.5. The lowest BCUT2D eigenvalue weighted by Gasteiger charge is -2.59. The van der Waals surface area contributed by atoms with Gasteiger partial charge in [-0.3, -0.25) is 9.69 Å². The molecule has 3 heteroatoms. The highest BCUT2D eigenvalue weighted by molar-refractivity contribution is 5.93. The van der Waals surface area contributed by atoms with Gasteiger partial charge in [0.05, 0.1) is 0 Å². The van der Waals surface area contributed by atoms with E-state index in [1.807, 2.05) is 6.07 Å². The van der Waals surface area contributed by atoms with Crippen LogP contribution in [0.15, 0.2) is 18.2 Å². The van der Waals surface area contributed by atoms with E-state index < -0.39 is 0 Å². The smallest absolute Gasteiger partial charge is 0.248 e. The van der Waals surface area contributed by atoms with Crippen molar-refractivity contribution in [3.63, 3.8) is 0 Å². The molecular formula is C21H28N2O. The van der Waals surface area contributed by atoms with Gasteiger partial charge in [-0.25, -0.2) is 0 Å². The average Bonchev–Trinajstić information content (AvgIpc) is 3.41. The van der Waals surface area contributed by atoms with E-state index in [1.165, 1.54) is 75.6 Å². The van der Waals surface area contributed by atoms with Crippen LogP contribution in [0.25, 0.3) is 0 Å². The fourth-order valence-corrected chi connectivity index (χ4v) is 6.10. The Hall–Kier alpha value is -1.35. The SMILES string of the molecule is NC(=O)c1ccc2c(c1)[C@@]13CCCCC1C(C2)N(CC1CC1)CC3. The summed E-state index contributed by atoms with van der Waals surface area (Å²) >= 11 is 0. The third kappa shape index (κ3) is 2.17. The first-order valence-corrected chi connectivity index (χ1v) is 9.85. The van der Waals surface area contributed by atoms with Crippen LogP contribution in [0.4, 0.5) is 0 Å². The van der Waals surface area contributed by atoms with E-state index in [0.29, 0.717) is 11.0 Å². The Morgan fingerprint density at radius 1 is 1.21 bits per heavy atom. The molecule has 3 atom stereocenters. The molecule has 0 aromatic heterocycles. The molecule has 24 heavy (non-hydrogen) atoms. The molecule has 2 bridgehead atoms. The van der Waals surface area contributed by atoms with Crippen molar-refractivity contribution in [3.05, 3.63) is 34.9 Å². The van der Waals surface area contributed by atoms with Crippen LogP contribution in [0, 0.1) is 11.8 Å². The van der Waals surface area contributed by atoms with Gasteiger partial charge in [-0.15, -0.1) is 0 Å². The van der Waals surface area contributed by atoms with Crippen molar-refractivity contribution in [1.29, 1.82) is 0 Å². The second-order valence-corrected chi connectivity index (χ2v) is 8.70. The Kier molecular flexibility index (Phi) is 3.31. The number of hydrogen-bond donors (Lipinski definition) is 1. The van der Waals surface area contributed by atoms with Crippen molar-refractivity contribution in [2.45, 2.75) is 62.8 Å². The number of nitrogens with two attached hydrogens (primary N) is 1. The van der Waals surface area contributed by atoms with Crippen molar-refractivity contribution in [1.82, 2.24) is 4.90 Å². The maximum absolute atomic E-state index is 11.7. The molecule has 1 aromatic rings. The maximum atomic E-state index is 11.7. The highest BCUT2D eigenvalue weighted by Crippen LogP contribution is 2.56. The summed E-state index contributed by atoms with van der Waals surface area (Å²) in [5.41, 5.74) is 9.57. The van der Waals surface area contributed by atoms with Crippen molar-refractivity contribution in [3.8, 4) is 0 Å². The Labute approximate surface area is 144 Å². The summed E-state index contributed by atoms with van der Waals surface area (Å²) in [6.07, 6.45) is 10.7. The van der Waals surface area contributed by atoms with Crippen LogP contribution in [0.1, 0.15) is 66.4 Å². The molecule has 0 spiro atoms. The van der Waals surface area contributed by atoms with E-state index in [9.17, 15) is 4.79 Å². The second kappa shape index (κ2) is 5.32. The Balaban J connectivity index is 1.58. The summed E-state index contributed by atoms with van der Waals surface area (Å²) in [5, 5.41) is 0. The fraction of sp³-hybridized carbons (Fsp3) is 0.667. The lowest BCUT2D eigenvalue weighted by molar-refractivity contribution is -0.0133. The second-order valence-electron chi connectivity index (χ2n) is 8.70. The molecule has 3 fully saturated rings. The molecule has 128 valence electrons. The molecule has 1 saturated heterocycles. The largest absolute Gasteiger partial charge is 0.366 e. The van der Waals surface area contributed by atoms with E-state index in [4.69, 9.17) is 5.73 Å². The summed E-state index contributed by atoms with van der Waals surface area (Å²) in [4.78, 5) is 14.5. The lowest BCUT2D eigenvalue weighted by atomic mass is 9.52. The van der Waals surface area contributed by atoms with Gasteiger partial charge in [-0.05, 0) is 80.2 Å². The van der Waals surface area contributed by atoms with E-state index in [2.05, 4.69) is 17.0 Å². The first-order valence-electron chi connectivity index (χ1n) is 9.85. The number of piperidine rings is 1. The minimum absolute atomic E-state index is 0.283. The maximum Gasteiger partial charge on any atom is 0.248 e. The Bertz CT molecular complexity index is 680. The highest BCUT2D eigenvalue weighted by Gasteiger charge is 2.54. The molecule has 5 rings (SSSR count). The number of carbonyl (C=O) groups excluding carboxylic acids is 1. The molecule has 0 radical (unpaired) electrons. The number of hydrogen-bond acceptors (Lipinski definition) is 2. The van der Waals surface area contributed by atoms with Gasteiger partial charge in [-0.1, -0.05) is 18.9 Å². The van der Waals surface area contributed by atoms with Crippen LogP contribution >= 0.6 is 0 Å². The molecule has 3 nitrogen and oxygen atoms in total. The van der Waals surface area contributed by atoms with Gasteiger partial charge >= 0.3 is 0 Å². The molecule has 4 aliphatic rings. The molecule has 2 saturated carbocycles. The standard InChI is InChI=1S/C21H28N2O/c22-20(24)16-7-6-15-12-19-17-3-1-2-8-21(17,18(15)11-16)9-10-23(19)13-14-4-5-14/h6-7,11,14,17,19H,1-5,8-10,12-13H2,(H2,22,24)/t17?,19?,21-/m1/s1. The van der Waals surface area contributed by atoms with Gasteiger partial charge in [0.15, 0.2) is 0 Å². The summed E-state index contributed by atoms with van der Waals surface area (Å²) in [6.45, 7) is 2.57. The minimum Gasteiger partial charge on any atom is -0.366 e. The van der Waals surface area contributed by atoms with Crippen LogP contribution in [0.5, 0.6) is 0 Å². The van der Waals surface area contributed by atoms with E-state index in [1.54, 1.807) is 0 Å². The van der Waals surface area contributed by atoms with Crippen LogP contribution in [-0.4, -0.2) is 29.9 Å². The molecular weight excluding hydrogens is 296 g/mol. The summed E-state index contributed by atoms with van der Waals surface area (Å²) < 4.78 is 0. The van der Waals surface area contributed by atoms with Crippen molar-refractivity contribution in [2.24, 2.45) is 17.6 Å². The summed E-state index contributed by atoms with van der Waals surface area (Å²) in [5.74, 6) is 1.48. The number of carbonyl (C=O) groups is 1. The average molecular weight is 324 g/mol. The lowest BCUT2D eigenvalue weighted by Crippen LogP contribution is -2.61. The molecule has 2 unspecified atom stereocenters. The van der Waals surface area contributed by atoms with Crippen molar-refractivity contribution < 1.29 is 4.79 Å². The third-order valence-electron chi connectivity index (χ3n) is 7.43. The number of nitrogens with zero attached hydrogens (tertiary/aromatic N) is 1. The number of rotatable bonds is 3. The summed E-state index contributed by atoms with van der Waals surface area (Å²) in [7, 11) is 0. The van der Waals surface area contributed by atoms with E-state index in [0.717, 1.165) is 17.9 Å². The fourth-order valence-electron chi connectivity index (χ4n) is 6.10. The highest BCUT2D eigenvalue weighted by atomic mass is 16.1. The monoisotopic (exact) mass is 324 g/mol. The summed E-state index contributed by atoms with van der Waals surface area (Å²) in [6, 6.07) is 7.03. The Morgan fingerprint density at radius 3 is 2.88 bits per heavy atom. The first-order chi connectivity index (χ1) is 11.7. The van der Waals surface area contributed by atoms with Crippen molar-refractivity contribution >= 4 is 5.91 Å². The topological polar surface area (TPSA) is 46.3 Å². The van der Waals surface area contributed by atoms with Gasteiger partial charge < -0.3 is 5.73 Å². The molecule has 1 heterocycles. The normalized spacial score (nSPS) is 35.2. The number of amides is 1. The van der Waals surface area contributed by atoms with Crippen LogP contribution in [-0.2, 0) is 11.8 Å². The molecule has 1 aromatic carbocycles.